The molecule has 0 fully saturated rings. The quantitative estimate of drug-likeness (QED) is 0.922. The second-order valence-electron chi connectivity index (χ2n) is 4.11. The number of anilines is 1. The average Bonchev–Trinajstić information content (AvgIpc) is 2.28. The predicted molar refractivity (Wildman–Crippen MR) is 75.2 cm³/mol. The molecule has 2 rings (SSSR count). The lowest BCUT2D eigenvalue weighted by atomic mass is 10.2. The van der Waals surface area contributed by atoms with E-state index < -0.39 is 0 Å². The summed E-state index contributed by atoms with van der Waals surface area (Å²) in [6.07, 6.45) is 0. The van der Waals surface area contributed by atoms with E-state index in [1.165, 1.54) is 5.56 Å². The highest BCUT2D eigenvalue weighted by atomic mass is 79.9. The van der Waals surface area contributed by atoms with Gasteiger partial charge in [-0.1, -0.05) is 12.1 Å². The van der Waals surface area contributed by atoms with E-state index >= 15 is 0 Å². The first kappa shape index (κ1) is 12.1. The third-order valence-corrected chi connectivity index (χ3v) is 3.19. The number of nitrogens with one attached hydrogen (secondary N) is 1. The lowest BCUT2D eigenvalue weighted by molar-refractivity contribution is 1.01. The molecule has 17 heavy (non-hydrogen) atoms. The first-order valence-electron chi connectivity index (χ1n) is 5.58. The first-order chi connectivity index (χ1) is 8.15. The zero-order valence-electron chi connectivity index (χ0n) is 10.00. The highest BCUT2D eigenvalue weighted by Gasteiger charge is 2.00. The SMILES string of the molecule is Cc1ccc(NCc2cccc(C)n2)c(Br)c1. The Balaban J connectivity index is 2.07. The molecule has 0 saturated carbocycles. The molecule has 1 aromatic heterocycles. The van der Waals surface area contributed by atoms with Crippen LogP contribution in [0.25, 0.3) is 0 Å². The molecule has 0 aliphatic rings. The van der Waals surface area contributed by atoms with Gasteiger partial charge in [0.2, 0.25) is 0 Å². The van der Waals surface area contributed by atoms with Crippen molar-refractivity contribution < 1.29 is 0 Å². The average molecular weight is 291 g/mol. The molecule has 2 aromatic rings. The van der Waals surface area contributed by atoms with Crippen molar-refractivity contribution in [2.24, 2.45) is 0 Å². The highest BCUT2D eigenvalue weighted by Crippen LogP contribution is 2.23. The Kier molecular flexibility index (Phi) is 3.79. The number of nitrogens with zero attached hydrogens (tertiary/aromatic N) is 1. The largest absolute Gasteiger partial charge is 0.378 e. The monoisotopic (exact) mass is 290 g/mol. The van der Waals surface area contributed by atoms with E-state index in [1.54, 1.807) is 0 Å². The highest BCUT2D eigenvalue weighted by molar-refractivity contribution is 9.10. The Morgan fingerprint density at radius 2 is 2.00 bits per heavy atom. The van der Waals surface area contributed by atoms with Crippen molar-refractivity contribution in [3.8, 4) is 0 Å². The summed E-state index contributed by atoms with van der Waals surface area (Å²) in [5, 5.41) is 3.37. The van der Waals surface area contributed by atoms with Gasteiger partial charge in [0.25, 0.3) is 0 Å². The van der Waals surface area contributed by atoms with Crippen LogP contribution in [0.5, 0.6) is 0 Å². The summed E-state index contributed by atoms with van der Waals surface area (Å²) in [6.45, 7) is 4.82. The topological polar surface area (TPSA) is 24.9 Å². The molecule has 0 aliphatic heterocycles. The normalized spacial score (nSPS) is 10.3. The predicted octanol–water partition coefficient (Wildman–Crippen LogP) is 4.07. The van der Waals surface area contributed by atoms with E-state index in [4.69, 9.17) is 0 Å². The van der Waals surface area contributed by atoms with Crippen LogP contribution in [0.15, 0.2) is 40.9 Å². The van der Waals surface area contributed by atoms with Crippen molar-refractivity contribution in [2.75, 3.05) is 5.32 Å². The van der Waals surface area contributed by atoms with Crippen LogP contribution in [0.1, 0.15) is 17.0 Å². The van der Waals surface area contributed by atoms with Gasteiger partial charge in [0.05, 0.1) is 12.2 Å². The third kappa shape index (κ3) is 3.30. The maximum absolute atomic E-state index is 4.46. The third-order valence-electron chi connectivity index (χ3n) is 2.53. The molecule has 0 atom stereocenters. The molecule has 0 radical (unpaired) electrons. The van der Waals surface area contributed by atoms with Crippen LogP contribution in [0, 0.1) is 13.8 Å². The van der Waals surface area contributed by atoms with Gasteiger partial charge in [-0.05, 0) is 59.6 Å². The molecule has 0 spiro atoms. The minimum Gasteiger partial charge on any atom is -0.378 e. The molecule has 0 bridgehead atoms. The zero-order chi connectivity index (χ0) is 12.3. The van der Waals surface area contributed by atoms with Crippen LogP contribution in [0.4, 0.5) is 5.69 Å². The Hall–Kier alpha value is -1.35. The number of rotatable bonds is 3. The molecular formula is C14H15BrN2. The number of aromatic nitrogens is 1. The van der Waals surface area contributed by atoms with E-state index in [-0.39, 0.29) is 0 Å². The number of halogens is 1. The second kappa shape index (κ2) is 5.32. The minimum absolute atomic E-state index is 0.739. The van der Waals surface area contributed by atoms with Crippen LogP contribution in [-0.2, 0) is 6.54 Å². The van der Waals surface area contributed by atoms with Gasteiger partial charge in [-0.15, -0.1) is 0 Å². The fourth-order valence-corrected chi connectivity index (χ4v) is 2.28. The Morgan fingerprint density at radius 1 is 1.18 bits per heavy atom. The summed E-state index contributed by atoms with van der Waals surface area (Å²) < 4.78 is 1.09. The molecule has 1 aromatic carbocycles. The van der Waals surface area contributed by atoms with Gasteiger partial charge in [0.1, 0.15) is 0 Å². The number of benzene rings is 1. The molecule has 2 nitrogen and oxygen atoms in total. The van der Waals surface area contributed by atoms with E-state index in [0.717, 1.165) is 28.1 Å². The second-order valence-corrected chi connectivity index (χ2v) is 4.96. The zero-order valence-corrected chi connectivity index (χ0v) is 11.6. The number of aryl methyl sites for hydroxylation is 2. The van der Waals surface area contributed by atoms with Gasteiger partial charge >= 0.3 is 0 Å². The van der Waals surface area contributed by atoms with Crippen LogP contribution < -0.4 is 5.32 Å². The number of hydrogen-bond donors (Lipinski definition) is 1. The standard InChI is InChI=1S/C14H15BrN2/c1-10-6-7-14(13(15)8-10)16-9-12-5-3-4-11(2)17-12/h3-8,16H,9H2,1-2H3. The van der Waals surface area contributed by atoms with Gasteiger partial charge in [0.15, 0.2) is 0 Å². The number of hydrogen-bond acceptors (Lipinski definition) is 2. The summed E-state index contributed by atoms with van der Waals surface area (Å²) in [5.74, 6) is 0. The molecule has 88 valence electrons. The summed E-state index contributed by atoms with van der Waals surface area (Å²) >= 11 is 3.55. The maximum Gasteiger partial charge on any atom is 0.0597 e. The fraction of sp³-hybridized carbons (Fsp3) is 0.214. The molecule has 0 saturated heterocycles. The molecular weight excluding hydrogens is 276 g/mol. The number of pyridine rings is 1. The maximum atomic E-state index is 4.46. The van der Waals surface area contributed by atoms with E-state index in [9.17, 15) is 0 Å². The molecule has 0 unspecified atom stereocenters. The molecule has 0 amide bonds. The van der Waals surface area contributed by atoms with E-state index in [0.29, 0.717) is 0 Å². The Labute approximate surface area is 110 Å². The smallest absolute Gasteiger partial charge is 0.0597 e. The van der Waals surface area contributed by atoms with Gasteiger partial charge in [-0.25, -0.2) is 0 Å². The molecule has 1 heterocycles. The van der Waals surface area contributed by atoms with Gasteiger partial charge in [-0.2, -0.15) is 0 Å². The van der Waals surface area contributed by atoms with Crippen molar-refractivity contribution in [3.05, 3.63) is 57.8 Å². The van der Waals surface area contributed by atoms with Crippen LogP contribution in [-0.4, -0.2) is 4.98 Å². The first-order valence-corrected chi connectivity index (χ1v) is 6.37. The van der Waals surface area contributed by atoms with E-state index in [2.05, 4.69) is 51.4 Å². The van der Waals surface area contributed by atoms with Crippen molar-refractivity contribution in [2.45, 2.75) is 20.4 Å². The van der Waals surface area contributed by atoms with Crippen molar-refractivity contribution in [1.29, 1.82) is 0 Å². The fourth-order valence-electron chi connectivity index (χ4n) is 1.65. The molecule has 3 heteroatoms. The molecule has 0 aliphatic carbocycles. The summed E-state index contributed by atoms with van der Waals surface area (Å²) in [4.78, 5) is 4.46. The molecule has 1 N–H and O–H groups in total. The van der Waals surface area contributed by atoms with Gasteiger partial charge in [0, 0.05) is 15.9 Å². The summed E-state index contributed by atoms with van der Waals surface area (Å²) in [6, 6.07) is 12.3. The lowest BCUT2D eigenvalue weighted by Gasteiger charge is -2.09. The van der Waals surface area contributed by atoms with Crippen molar-refractivity contribution in [1.82, 2.24) is 4.98 Å². The van der Waals surface area contributed by atoms with Crippen LogP contribution in [0.3, 0.4) is 0 Å². The Bertz CT molecular complexity index is 523. The lowest BCUT2D eigenvalue weighted by Crippen LogP contribution is -2.02. The summed E-state index contributed by atoms with van der Waals surface area (Å²) in [5.41, 5.74) is 4.44. The Morgan fingerprint density at radius 3 is 2.71 bits per heavy atom. The van der Waals surface area contributed by atoms with Crippen LogP contribution >= 0.6 is 15.9 Å². The van der Waals surface area contributed by atoms with Gasteiger partial charge < -0.3 is 5.32 Å². The summed E-state index contributed by atoms with van der Waals surface area (Å²) in [7, 11) is 0. The van der Waals surface area contributed by atoms with Gasteiger partial charge in [-0.3, -0.25) is 4.98 Å². The minimum atomic E-state index is 0.739. The van der Waals surface area contributed by atoms with Crippen molar-refractivity contribution in [3.63, 3.8) is 0 Å². The van der Waals surface area contributed by atoms with Crippen LogP contribution in [0.2, 0.25) is 0 Å². The van der Waals surface area contributed by atoms with Crippen molar-refractivity contribution >= 4 is 21.6 Å². The van der Waals surface area contributed by atoms with E-state index in [1.807, 2.05) is 25.1 Å².